The fourth-order valence-corrected chi connectivity index (χ4v) is 2.53. The number of imidazole rings is 1. The number of aliphatic hydroxyl groups is 2. The summed E-state index contributed by atoms with van der Waals surface area (Å²) < 4.78 is 7.04. The molecule has 2 aromatic heterocycles. The first-order valence-corrected chi connectivity index (χ1v) is 6.13. The largest absolute Gasteiger partial charge is 0.394 e. The van der Waals surface area contributed by atoms with Gasteiger partial charge in [0.15, 0.2) is 17.4 Å². The molecule has 1 unspecified atom stereocenters. The Kier molecular flexibility index (Phi) is 2.78. The number of aromatic nitrogens is 4. The predicted octanol–water partition coefficient (Wildman–Crippen LogP) is -1.27. The quantitative estimate of drug-likeness (QED) is 0.538. The molecule has 1 fully saturated rings. The van der Waals surface area contributed by atoms with Crippen molar-refractivity contribution >= 4 is 17.1 Å². The van der Waals surface area contributed by atoms with Crippen LogP contribution in [-0.4, -0.2) is 48.0 Å². The topological polar surface area (TPSA) is 139 Å². The van der Waals surface area contributed by atoms with Gasteiger partial charge in [-0.3, -0.25) is 14.3 Å². The molecule has 0 radical (unpaired) electrons. The second-order valence-electron chi connectivity index (χ2n) is 5.13. The fraction of sp³-hybridized carbons (Fsp3) is 0.545. The lowest BCUT2D eigenvalue weighted by Gasteiger charge is -2.24. The van der Waals surface area contributed by atoms with Gasteiger partial charge in [-0.1, -0.05) is 0 Å². The van der Waals surface area contributed by atoms with E-state index in [2.05, 4.69) is 15.0 Å². The van der Waals surface area contributed by atoms with Crippen LogP contribution < -0.4 is 11.3 Å². The lowest BCUT2D eigenvalue weighted by molar-refractivity contribution is -0.0854. The number of rotatable bonds is 2. The third kappa shape index (κ3) is 1.87. The van der Waals surface area contributed by atoms with E-state index in [0.717, 1.165) is 0 Å². The van der Waals surface area contributed by atoms with Gasteiger partial charge in [0.25, 0.3) is 5.56 Å². The summed E-state index contributed by atoms with van der Waals surface area (Å²) in [4.78, 5) is 22.1. The van der Waals surface area contributed by atoms with Gasteiger partial charge in [-0.2, -0.15) is 4.98 Å². The molecule has 3 heterocycles. The number of hydrogen-bond acceptors (Lipinski definition) is 7. The minimum absolute atomic E-state index is 0.0411. The molecule has 9 nitrogen and oxygen atoms in total. The molecule has 20 heavy (non-hydrogen) atoms. The third-order valence-electron chi connectivity index (χ3n) is 3.40. The Labute approximate surface area is 113 Å². The molecule has 0 saturated carbocycles. The Morgan fingerprint density at radius 2 is 2.45 bits per heavy atom. The van der Waals surface area contributed by atoms with Gasteiger partial charge in [0, 0.05) is 6.42 Å². The maximum absolute atomic E-state index is 11.7. The average molecular weight is 281 g/mol. The highest BCUT2D eigenvalue weighted by Gasteiger charge is 2.45. The summed E-state index contributed by atoms with van der Waals surface area (Å²) in [6.07, 6.45) is 0.364. The molecule has 1 saturated heterocycles. The van der Waals surface area contributed by atoms with E-state index in [0.29, 0.717) is 0 Å². The van der Waals surface area contributed by atoms with Crippen molar-refractivity contribution in [3.8, 4) is 0 Å². The van der Waals surface area contributed by atoms with Gasteiger partial charge in [-0.25, -0.2) is 4.98 Å². The molecule has 2 aromatic rings. The number of nitrogens with zero attached hydrogens (tertiary/aromatic N) is 3. The van der Waals surface area contributed by atoms with Gasteiger partial charge in [0.2, 0.25) is 5.95 Å². The first kappa shape index (κ1) is 13.0. The van der Waals surface area contributed by atoms with Crippen molar-refractivity contribution < 1.29 is 14.9 Å². The number of hydrogen-bond donors (Lipinski definition) is 4. The summed E-state index contributed by atoms with van der Waals surface area (Å²) in [5.74, 6) is -0.0411. The van der Waals surface area contributed by atoms with E-state index >= 15 is 0 Å². The number of fused-ring (bicyclic) bond motifs is 1. The lowest BCUT2D eigenvalue weighted by Crippen LogP contribution is -2.32. The van der Waals surface area contributed by atoms with Gasteiger partial charge in [0.05, 0.1) is 19.0 Å². The Bertz CT molecular complexity index is 706. The monoisotopic (exact) mass is 281 g/mol. The van der Waals surface area contributed by atoms with E-state index in [1.165, 1.54) is 10.9 Å². The molecule has 0 aromatic carbocycles. The minimum atomic E-state index is -1.21. The van der Waals surface area contributed by atoms with Gasteiger partial charge in [0.1, 0.15) is 5.60 Å². The standard InChI is InChI=1S/C11H15N5O4/c1-11(19)2-5(3-17)20-9(11)16-4-13-6-7(16)14-10(12)15-8(6)18/h4-5,9,17,19H,2-3H2,1H3,(H3,12,14,15,18)/t5-,9?,11+/m0/s1. The zero-order chi connectivity index (χ0) is 14.5. The van der Waals surface area contributed by atoms with Crippen molar-refractivity contribution in [2.75, 3.05) is 12.3 Å². The van der Waals surface area contributed by atoms with Crippen LogP contribution in [0.25, 0.3) is 11.2 Å². The third-order valence-corrected chi connectivity index (χ3v) is 3.40. The Morgan fingerprint density at radius 1 is 1.70 bits per heavy atom. The zero-order valence-electron chi connectivity index (χ0n) is 10.8. The van der Waals surface area contributed by atoms with Crippen molar-refractivity contribution in [3.05, 3.63) is 16.7 Å². The number of aliphatic hydroxyl groups excluding tert-OH is 1. The summed E-state index contributed by atoms with van der Waals surface area (Å²) in [7, 11) is 0. The molecule has 3 rings (SSSR count). The average Bonchev–Trinajstić information content (AvgIpc) is 2.89. The molecular formula is C11H15N5O4. The summed E-state index contributed by atoms with van der Waals surface area (Å²) in [6.45, 7) is 1.39. The van der Waals surface area contributed by atoms with E-state index in [4.69, 9.17) is 15.6 Å². The molecule has 0 bridgehead atoms. The van der Waals surface area contributed by atoms with E-state index in [-0.39, 0.29) is 30.1 Å². The van der Waals surface area contributed by atoms with Crippen LogP contribution in [0.4, 0.5) is 5.95 Å². The highest BCUT2D eigenvalue weighted by molar-refractivity contribution is 5.70. The molecule has 5 N–H and O–H groups in total. The normalized spacial score (nSPS) is 30.1. The highest BCUT2D eigenvalue weighted by atomic mass is 16.5. The molecule has 0 aliphatic carbocycles. The second-order valence-corrected chi connectivity index (χ2v) is 5.13. The predicted molar refractivity (Wildman–Crippen MR) is 68.8 cm³/mol. The maximum Gasteiger partial charge on any atom is 0.280 e. The van der Waals surface area contributed by atoms with Gasteiger partial charge >= 0.3 is 0 Å². The molecule has 108 valence electrons. The van der Waals surface area contributed by atoms with Crippen LogP contribution in [0, 0.1) is 0 Å². The Morgan fingerprint density at radius 3 is 3.10 bits per heavy atom. The number of anilines is 1. The van der Waals surface area contributed by atoms with Gasteiger partial charge in [-0.15, -0.1) is 0 Å². The molecular weight excluding hydrogens is 266 g/mol. The van der Waals surface area contributed by atoms with Gasteiger partial charge in [-0.05, 0) is 6.92 Å². The number of nitrogens with one attached hydrogen (secondary N) is 1. The number of nitrogen functional groups attached to an aromatic ring is 1. The van der Waals surface area contributed by atoms with Crippen molar-refractivity contribution in [1.82, 2.24) is 19.5 Å². The lowest BCUT2D eigenvalue weighted by atomic mass is 10.0. The van der Waals surface area contributed by atoms with E-state index in [1.54, 1.807) is 6.92 Å². The molecule has 0 spiro atoms. The van der Waals surface area contributed by atoms with Crippen LogP contribution in [0.2, 0.25) is 0 Å². The van der Waals surface area contributed by atoms with E-state index < -0.39 is 23.5 Å². The van der Waals surface area contributed by atoms with E-state index in [9.17, 15) is 9.90 Å². The van der Waals surface area contributed by atoms with Crippen molar-refractivity contribution in [2.24, 2.45) is 0 Å². The smallest absolute Gasteiger partial charge is 0.280 e. The SMILES string of the molecule is C[C@@]1(O)C[C@@H](CO)OC1n1cnc2c(=O)[nH]c(N)nc21. The highest BCUT2D eigenvalue weighted by Crippen LogP contribution is 2.38. The van der Waals surface area contributed by atoms with Crippen LogP contribution >= 0.6 is 0 Å². The molecule has 9 heteroatoms. The number of nitrogens with two attached hydrogens (primary N) is 1. The molecule has 1 aliphatic heterocycles. The molecule has 0 amide bonds. The Balaban J connectivity index is 2.13. The van der Waals surface area contributed by atoms with Gasteiger partial charge < -0.3 is 20.7 Å². The van der Waals surface area contributed by atoms with Crippen LogP contribution in [0.15, 0.2) is 11.1 Å². The summed E-state index contributed by atoms with van der Waals surface area (Å²) >= 11 is 0. The number of aromatic amines is 1. The van der Waals surface area contributed by atoms with Crippen LogP contribution in [-0.2, 0) is 4.74 Å². The summed E-state index contributed by atoms with van der Waals surface area (Å²) in [5.41, 5.74) is 4.21. The second kappa shape index (κ2) is 4.27. The molecule has 1 aliphatic rings. The summed E-state index contributed by atoms with van der Waals surface area (Å²) in [6, 6.07) is 0. The number of ether oxygens (including phenoxy) is 1. The minimum Gasteiger partial charge on any atom is -0.394 e. The van der Waals surface area contributed by atoms with Crippen LogP contribution in [0.5, 0.6) is 0 Å². The van der Waals surface area contributed by atoms with Crippen LogP contribution in [0.1, 0.15) is 19.6 Å². The van der Waals surface area contributed by atoms with Crippen molar-refractivity contribution in [3.63, 3.8) is 0 Å². The van der Waals surface area contributed by atoms with Crippen LogP contribution in [0.3, 0.4) is 0 Å². The maximum atomic E-state index is 11.7. The summed E-state index contributed by atoms with van der Waals surface area (Å²) in [5, 5.41) is 19.6. The fourth-order valence-electron chi connectivity index (χ4n) is 2.53. The first-order chi connectivity index (χ1) is 9.42. The van der Waals surface area contributed by atoms with Crippen molar-refractivity contribution in [2.45, 2.75) is 31.3 Å². The van der Waals surface area contributed by atoms with Crippen molar-refractivity contribution in [1.29, 1.82) is 0 Å². The first-order valence-electron chi connectivity index (χ1n) is 6.13. The van der Waals surface area contributed by atoms with E-state index in [1.807, 2.05) is 0 Å². The number of H-pyrrole nitrogens is 1. The zero-order valence-corrected chi connectivity index (χ0v) is 10.8. The molecule has 3 atom stereocenters. The Hall–Kier alpha value is -1.97.